The van der Waals surface area contributed by atoms with Crippen LogP contribution in [0.15, 0.2) is 30.3 Å². The number of hydrogen-bond acceptors (Lipinski definition) is 3. The van der Waals surface area contributed by atoms with E-state index in [1.165, 1.54) is 6.92 Å². The van der Waals surface area contributed by atoms with Gasteiger partial charge in [0.2, 0.25) is 0 Å². The molecule has 1 saturated heterocycles. The third-order valence-electron chi connectivity index (χ3n) is 3.54. The number of carbonyl (C=O) groups is 1. The highest BCUT2D eigenvalue weighted by Crippen LogP contribution is 2.29. The number of halogens is 1. The Hall–Kier alpha value is -1.26. The molecule has 0 spiro atoms. The number of hydrogen-bond donors (Lipinski definition) is 1. The van der Waals surface area contributed by atoms with Crippen molar-refractivity contribution < 1.29 is 14.3 Å². The molecule has 0 radical (unpaired) electrons. The van der Waals surface area contributed by atoms with Gasteiger partial charge < -0.3 is 5.11 Å². The second kappa shape index (κ2) is 5.16. The SMILES string of the molecule is CC(O)C1(F)CCN(CC(=O)c2ccccc2)C1. The second-order valence-electron chi connectivity index (χ2n) is 4.96. The molecule has 1 aromatic carbocycles. The zero-order chi connectivity index (χ0) is 13.2. The summed E-state index contributed by atoms with van der Waals surface area (Å²) >= 11 is 0. The van der Waals surface area contributed by atoms with Crippen molar-refractivity contribution in [3.63, 3.8) is 0 Å². The summed E-state index contributed by atoms with van der Waals surface area (Å²) < 4.78 is 14.1. The Morgan fingerprint density at radius 1 is 1.50 bits per heavy atom. The number of rotatable bonds is 4. The van der Waals surface area contributed by atoms with E-state index in [4.69, 9.17) is 0 Å². The van der Waals surface area contributed by atoms with Gasteiger partial charge in [0.05, 0.1) is 12.6 Å². The molecule has 0 aromatic heterocycles. The fraction of sp³-hybridized carbons (Fsp3) is 0.500. The van der Waals surface area contributed by atoms with Crippen molar-refractivity contribution in [2.45, 2.75) is 25.1 Å². The van der Waals surface area contributed by atoms with Crippen molar-refractivity contribution in [1.29, 1.82) is 0 Å². The van der Waals surface area contributed by atoms with Crippen LogP contribution in [0.3, 0.4) is 0 Å². The van der Waals surface area contributed by atoms with Crippen LogP contribution in [0.2, 0.25) is 0 Å². The van der Waals surface area contributed by atoms with Gasteiger partial charge in [-0.1, -0.05) is 30.3 Å². The van der Waals surface area contributed by atoms with Crippen LogP contribution in [-0.4, -0.2) is 47.2 Å². The van der Waals surface area contributed by atoms with E-state index in [1.807, 2.05) is 18.2 Å². The molecule has 1 aromatic rings. The van der Waals surface area contributed by atoms with E-state index in [0.717, 1.165) is 0 Å². The first-order valence-electron chi connectivity index (χ1n) is 6.19. The van der Waals surface area contributed by atoms with Crippen molar-refractivity contribution in [3.05, 3.63) is 35.9 Å². The van der Waals surface area contributed by atoms with E-state index < -0.39 is 11.8 Å². The van der Waals surface area contributed by atoms with Crippen LogP contribution in [0.5, 0.6) is 0 Å². The van der Waals surface area contributed by atoms with E-state index in [0.29, 0.717) is 12.1 Å². The number of carbonyl (C=O) groups excluding carboxylic acids is 1. The lowest BCUT2D eigenvalue weighted by atomic mass is 9.99. The van der Waals surface area contributed by atoms with E-state index in [9.17, 15) is 14.3 Å². The van der Waals surface area contributed by atoms with Gasteiger partial charge in [0.1, 0.15) is 5.67 Å². The molecule has 0 saturated carbocycles. The van der Waals surface area contributed by atoms with Crippen LogP contribution in [0, 0.1) is 0 Å². The summed E-state index contributed by atoms with van der Waals surface area (Å²) in [5.74, 6) is -0.00885. The number of nitrogens with zero attached hydrogens (tertiary/aromatic N) is 1. The number of Topliss-reactive ketones (excluding diaryl/α,β-unsaturated/α-hetero) is 1. The molecule has 0 bridgehead atoms. The van der Waals surface area contributed by atoms with Crippen molar-refractivity contribution in [1.82, 2.24) is 4.90 Å². The summed E-state index contributed by atoms with van der Waals surface area (Å²) in [4.78, 5) is 13.7. The molecule has 1 aliphatic rings. The first kappa shape index (κ1) is 13.2. The zero-order valence-corrected chi connectivity index (χ0v) is 10.5. The molecule has 1 N–H and O–H groups in total. The highest BCUT2D eigenvalue weighted by Gasteiger charge is 2.42. The molecule has 18 heavy (non-hydrogen) atoms. The summed E-state index contributed by atoms with van der Waals surface area (Å²) in [5, 5.41) is 9.39. The number of alkyl halides is 1. The van der Waals surface area contributed by atoms with Crippen LogP contribution in [0.1, 0.15) is 23.7 Å². The number of ketones is 1. The smallest absolute Gasteiger partial charge is 0.176 e. The molecule has 1 fully saturated rings. The van der Waals surface area contributed by atoms with E-state index in [2.05, 4.69) is 0 Å². The highest BCUT2D eigenvalue weighted by molar-refractivity contribution is 5.97. The average molecular weight is 251 g/mol. The van der Waals surface area contributed by atoms with E-state index in [1.54, 1.807) is 17.0 Å². The molecule has 2 unspecified atom stereocenters. The Morgan fingerprint density at radius 2 is 2.17 bits per heavy atom. The summed E-state index contributed by atoms with van der Waals surface area (Å²) in [6.45, 7) is 2.31. The predicted molar refractivity (Wildman–Crippen MR) is 67.3 cm³/mol. The molecule has 1 aliphatic heterocycles. The largest absolute Gasteiger partial charge is 0.390 e. The average Bonchev–Trinajstić information content (AvgIpc) is 2.73. The molecule has 2 atom stereocenters. The maximum Gasteiger partial charge on any atom is 0.176 e. The molecule has 3 nitrogen and oxygen atoms in total. The minimum Gasteiger partial charge on any atom is -0.390 e. The number of benzene rings is 1. The molecular formula is C14H18FNO2. The second-order valence-corrected chi connectivity index (χ2v) is 4.96. The lowest BCUT2D eigenvalue weighted by Gasteiger charge is -2.23. The van der Waals surface area contributed by atoms with E-state index in [-0.39, 0.29) is 25.3 Å². The zero-order valence-electron chi connectivity index (χ0n) is 10.5. The topological polar surface area (TPSA) is 40.5 Å². The minimum atomic E-state index is -1.57. The highest BCUT2D eigenvalue weighted by atomic mass is 19.1. The van der Waals surface area contributed by atoms with Crippen LogP contribution >= 0.6 is 0 Å². The third-order valence-corrected chi connectivity index (χ3v) is 3.54. The Morgan fingerprint density at radius 3 is 2.72 bits per heavy atom. The monoisotopic (exact) mass is 251 g/mol. The number of aliphatic hydroxyl groups excluding tert-OH is 1. The molecular weight excluding hydrogens is 233 g/mol. The fourth-order valence-corrected chi connectivity index (χ4v) is 2.27. The number of aliphatic hydroxyl groups is 1. The molecule has 0 amide bonds. The molecule has 4 heteroatoms. The molecule has 98 valence electrons. The first-order chi connectivity index (χ1) is 8.51. The lowest BCUT2D eigenvalue weighted by molar-refractivity contribution is 0.0103. The Kier molecular flexibility index (Phi) is 3.78. The summed E-state index contributed by atoms with van der Waals surface area (Å²) in [5.41, 5.74) is -0.928. The Bertz CT molecular complexity index is 421. The van der Waals surface area contributed by atoms with Gasteiger partial charge in [0, 0.05) is 18.7 Å². The predicted octanol–water partition coefficient (Wildman–Crippen LogP) is 1.66. The van der Waals surface area contributed by atoms with Gasteiger partial charge in [-0.2, -0.15) is 0 Å². The molecule has 1 heterocycles. The lowest BCUT2D eigenvalue weighted by Crippen LogP contribution is -2.40. The van der Waals surface area contributed by atoms with Crippen LogP contribution < -0.4 is 0 Å². The van der Waals surface area contributed by atoms with Crippen LogP contribution in [0.4, 0.5) is 4.39 Å². The van der Waals surface area contributed by atoms with Crippen molar-refractivity contribution in [3.8, 4) is 0 Å². The van der Waals surface area contributed by atoms with Gasteiger partial charge in [0.25, 0.3) is 0 Å². The van der Waals surface area contributed by atoms with Crippen LogP contribution in [0.25, 0.3) is 0 Å². The summed E-state index contributed by atoms with van der Waals surface area (Å²) in [7, 11) is 0. The molecule has 0 aliphatic carbocycles. The van der Waals surface area contributed by atoms with Crippen molar-refractivity contribution in [2.75, 3.05) is 19.6 Å². The number of likely N-dealkylation sites (tertiary alicyclic amines) is 1. The third kappa shape index (κ3) is 2.76. The maximum atomic E-state index is 14.1. The summed E-state index contributed by atoms with van der Waals surface area (Å²) in [6.07, 6.45) is -0.707. The Labute approximate surface area is 106 Å². The quantitative estimate of drug-likeness (QED) is 0.827. The summed E-state index contributed by atoms with van der Waals surface area (Å²) in [6, 6.07) is 9.00. The van der Waals surface area contributed by atoms with Gasteiger partial charge in [-0.25, -0.2) is 4.39 Å². The van der Waals surface area contributed by atoms with Crippen molar-refractivity contribution >= 4 is 5.78 Å². The van der Waals surface area contributed by atoms with Gasteiger partial charge in [-0.3, -0.25) is 9.69 Å². The molecule has 2 rings (SSSR count). The fourth-order valence-electron chi connectivity index (χ4n) is 2.27. The van der Waals surface area contributed by atoms with Gasteiger partial charge >= 0.3 is 0 Å². The van der Waals surface area contributed by atoms with Gasteiger partial charge in [0.15, 0.2) is 5.78 Å². The maximum absolute atomic E-state index is 14.1. The van der Waals surface area contributed by atoms with Crippen molar-refractivity contribution in [2.24, 2.45) is 0 Å². The minimum absolute atomic E-state index is 0.00885. The van der Waals surface area contributed by atoms with E-state index >= 15 is 0 Å². The standard InChI is InChI=1S/C14H18FNO2/c1-11(17)14(15)7-8-16(10-14)9-13(18)12-5-3-2-4-6-12/h2-6,11,17H,7-10H2,1H3. The normalized spacial score (nSPS) is 26.2. The van der Waals surface area contributed by atoms with Gasteiger partial charge in [-0.15, -0.1) is 0 Å². The first-order valence-corrected chi connectivity index (χ1v) is 6.19. The Balaban J connectivity index is 1.95. The van der Waals surface area contributed by atoms with Gasteiger partial charge in [-0.05, 0) is 13.3 Å². The van der Waals surface area contributed by atoms with Crippen LogP contribution in [-0.2, 0) is 0 Å².